The fourth-order valence-corrected chi connectivity index (χ4v) is 6.95. The van der Waals surface area contributed by atoms with Gasteiger partial charge in [0.05, 0.1) is 0 Å². The third-order valence-electron chi connectivity index (χ3n) is 5.19. The summed E-state index contributed by atoms with van der Waals surface area (Å²) >= 11 is 0.265. The van der Waals surface area contributed by atoms with Gasteiger partial charge in [-0.25, -0.2) is 0 Å². The van der Waals surface area contributed by atoms with Gasteiger partial charge in [-0.3, -0.25) is 0 Å². The van der Waals surface area contributed by atoms with Crippen molar-refractivity contribution in [3.8, 4) is 0 Å². The normalized spacial score (nSPS) is 19.2. The minimum absolute atomic E-state index is 0.0350. The number of aryl methyl sites for hydroxylation is 1. The predicted molar refractivity (Wildman–Crippen MR) is 114 cm³/mol. The van der Waals surface area contributed by atoms with Gasteiger partial charge in [0.15, 0.2) is 0 Å². The standard InChI is InChI=1S/C22H27NO3SSe/c1-17-9-11-19(12-10-17)27(25,26)14-13-23-18(15-22(2,3)21(23)24)16-28-20-7-5-4-6-8-20/h4-12,18H,13-16H2,1-3H3. The van der Waals surface area contributed by atoms with Gasteiger partial charge in [-0.1, -0.05) is 0 Å². The molecule has 3 rings (SSSR count). The number of rotatable bonds is 7. The maximum atomic E-state index is 12.9. The molecule has 0 spiro atoms. The van der Waals surface area contributed by atoms with E-state index >= 15 is 0 Å². The van der Waals surface area contributed by atoms with Gasteiger partial charge in [-0.05, 0) is 0 Å². The number of nitrogens with zero attached hydrogens (tertiary/aromatic N) is 1. The van der Waals surface area contributed by atoms with E-state index in [0.29, 0.717) is 4.90 Å². The van der Waals surface area contributed by atoms with Crippen molar-refractivity contribution in [3.63, 3.8) is 0 Å². The van der Waals surface area contributed by atoms with Crippen molar-refractivity contribution >= 4 is 35.2 Å². The fraction of sp³-hybridized carbons (Fsp3) is 0.409. The molecule has 28 heavy (non-hydrogen) atoms. The molecule has 6 heteroatoms. The van der Waals surface area contributed by atoms with Crippen LogP contribution in [0.4, 0.5) is 0 Å². The zero-order valence-corrected chi connectivity index (χ0v) is 19.1. The zero-order chi connectivity index (χ0) is 20.4. The molecule has 0 bridgehead atoms. The van der Waals surface area contributed by atoms with Crippen LogP contribution in [0.15, 0.2) is 59.5 Å². The summed E-state index contributed by atoms with van der Waals surface area (Å²) in [6, 6.07) is 17.3. The Bertz CT molecular complexity index is 924. The Hall–Kier alpha value is -1.62. The van der Waals surface area contributed by atoms with Crippen LogP contribution in [-0.2, 0) is 14.6 Å². The molecule has 4 nitrogen and oxygen atoms in total. The Balaban J connectivity index is 1.70. The van der Waals surface area contributed by atoms with Crippen LogP contribution in [0.1, 0.15) is 25.8 Å². The summed E-state index contributed by atoms with van der Waals surface area (Å²) in [5.41, 5.74) is 0.601. The molecular weight excluding hydrogens is 437 g/mol. The summed E-state index contributed by atoms with van der Waals surface area (Å²) in [7, 11) is -3.40. The van der Waals surface area contributed by atoms with Gasteiger partial charge in [-0.2, -0.15) is 0 Å². The second kappa shape index (κ2) is 8.40. The molecule has 150 valence electrons. The van der Waals surface area contributed by atoms with Gasteiger partial charge in [0.2, 0.25) is 0 Å². The van der Waals surface area contributed by atoms with E-state index in [9.17, 15) is 13.2 Å². The van der Waals surface area contributed by atoms with Crippen molar-refractivity contribution in [2.45, 2.75) is 43.4 Å². The quantitative estimate of drug-likeness (QED) is 0.593. The molecule has 1 atom stereocenters. The number of likely N-dealkylation sites (tertiary alicyclic amines) is 1. The van der Waals surface area contributed by atoms with E-state index in [1.54, 1.807) is 12.1 Å². The van der Waals surface area contributed by atoms with E-state index in [-0.39, 0.29) is 39.2 Å². The molecule has 1 amide bonds. The van der Waals surface area contributed by atoms with E-state index in [1.807, 2.05) is 56.0 Å². The summed E-state index contributed by atoms with van der Waals surface area (Å²) in [5, 5.41) is 0.913. The van der Waals surface area contributed by atoms with E-state index in [0.717, 1.165) is 17.3 Å². The molecule has 1 heterocycles. The Morgan fingerprint density at radius 2 is 1.71 bits per heavy atom. The number of carbonyl (C=O) groups excluding carboxylic acids is 1. The third-order valence-corrected chi connectivity index (χ3v) is 9.33. The van der Waals surface area contributed by atoms with Gasteiger partial charge in [0.1, 0.15) is 0 Å². The first-order chi connectivity index (χ1) is 13.2. The number of sulfone groups is 1. The number of carbonyl (C=O) groups is 1. The summed E-state index contributed by atoms with van der Waals surface area (Å²) < 4.78 is 26.7. The van der Waals surface area contributed by atoms with Crippen LogP contribution in [0, 0.1) is 12.3 Å². The van der Waals surface area contributed by atoms with Crippen molar-refractivity contribution in [2.24, 2.45) is 5.41 Å². The zero-order valence-electron chi connectivity index (χ0n) is 16.6. The molecule has 0 aromatic heterocycles. The van der Waals surface area contributed by atoms with E-state index in [4.69, 9.17) is 0 Å². The number of hydrogen-bond acceptors (Lipinski definition) is 3. The first-order valence-electron chi connectivity index (χ1n) is 9.47. The van der Waals surface area contributed by atoms with E-state index < -0.39 is 15.3 Å². The minimum atomic E-state index is -3.40. The van der Waals surface area contributed by atoms with E-state index in [2.05, 4.69) is 12.1 Å². The molecule has 0 radical (unpaired) electrons. The van der Waals surface area contributed by atoms with Gasteiger partial charge in [0, 0.05) is 0 Å². The molecule has 0 N–H and O–H groups in total. The van der Waals surface area contributed by atoms with Crippen LogP contribution in [-0.4, -0.2) is 52.5 Å². The summed E-state index contributed by atoms with van der Waals surface area (Å²) in [6.45, 7) is 6.12. The van der Waals surface area contributed by atoms with Crippen LogP contribution in [0.2, 0.25) is 5.32 Å². The average molecular weight is 464 g/mol. The van der Waals surface area contributed by atoms with Crippen molar-refractivity contribution in [1.29, 1.82) is 0 Å². The average Bonchev–Trinajstić information content (AvgIpc) is 2.88. The topological polar surface area (TPSA) is 54.5 Å². The van der Waals surface area contributed by atoms with Crippen LogP contribution in [0.25, 0.3) is 0 Å². The fourth-order valence-electron chi connectivity index (χ4n) is 3.57. The van der Waals surface area contributed by atoms with Crippen molar-refractivity contribution in [3.05, 3.63) is 60.2 Å². The Labute approximate surface area is 174 Å². The summed E-state index contributed by atoms with van der Waals surface area (Å²) in [5.74, 6) is 0.0349. The molecule has 0 aliphatic carbocycles. The first kappa shape index (κ1) is 21.1. The Morgan fingerprint density at radius 3 is 2.36 bits per heavy atom. The molecule has 1 aliphatic rings. The molecule has 1 fully saturated rings. The van der Waals surface area contributed by atoms with Crippen LogP contribution < -0.4 is 4.46 Å². The predicted octanol–water partition coefficient (Wildman–Crippen LogP) is 2.84. The molecule has 2 aromatic carbocycles. The summed E-state index contributed by atoms with van der Waals surface area (Å²) in [4.78, 5) is 15.0. The SMILES string of the molecule is Cc1ccc(S(=O)(=O)CCN2C(=O)C(C)(C)CC2C[Se]c2ccccc2)cc1. The second-order valence-electron chi connectivity index (χ2n) is 8.00. The molecule has 1 unspecified atom stereocenters. The Kier molecular flexibility index (Phi) is 6.33. The monoisotopic (exact) mass is 465 g/mol. The summed E-state index contributed by atoms with van der Waals surface area (Å²) in [6.07, 6.45) is 0.783. The Morgan fingerprint density at radius 1 is 1.07 bits per heavy atom. The van der Waals surface area contributed by atoms with Crippen LogP contribution in [0.5, 0.6) is 0 Å². The van der Waals surface area contributed by atoms with Gasteiger partial charge < -0.3 is 0 Å². The van der Waals surface area contributed by atoms with Crippen molar-refractivity contribution < 1.29 is 13.2 Å². The molecule has 1 saturated heterocycles. The number of amides is 1. The van der Waals surface area contributed by atoms with Crippen molar-refractivity contribution in [1.82, 2.24) is 4.90 Å². The van der Waals surface area contributed by atoms with Gasteiger partial charge in [0.25, 0.3) is 0 Å². The number of hydrogen-bond donors (Lipinski definition) is 0. The molecular formula is C22H27NO3SSe. The first-order valence-corrected chi connectivity index (χ1v) is 13.2. The molecule has 2 aromatic rings. The van der Waals surface area contributed by atoms with E-state index in [1.165, 1.54) is 4.46 Å². The van der Waals surface area contributed by atoms with Crippen LogP contribution in [0.3, 0.4) is 0 Å². The molecule has 0 saturated carbocycles. The number of benzene rings is 2. The third kappa shape index (κ3) is 4.86. The van der Waals surface area contributed by atoms with Gasteiger partial charge in [-0.15, -0.1) is 0 Å². The van der Waals surface area contributed by atoms with Crippen molar-refractivity contribution in [2.75, 3.05) is 12.3 Å². The molecule has 1 aliphatic heterocycles. The maximum absolute atomic E-state index is 12.9. The second-order valence-corrected chi connectivity index (χ2v) is 12.4. The van der Waals surface area contributed by atoms with Gasteiger partial charge >= 0.3 is 175 Å². The van der Waals surface area contributed by atoms with Crippen LogP contribution >= 0.6 is 0 Å².